The van der Waals surface area contributed by atoms with E-state index in [1.807, 2.05) is 0 Å². The Hall–Kier alpha value is -1.64. The van der Waals surface area contributed by atoms with E-state index >= 15 is 0 Å². The third-order valence-corrected chi connectivity index (χ3v) is 3.41. The molecule has 1 unspecified atom stereocenters. The van der Waals surface area contributed by atoms with Gasteiger partial charge < -0.3 is 10.4 Å². The third-order valence-electron chi connectivity index (χ3n) is 2.54. The second-order valence-corrected chi connectivity index (χ2v) is 4.92. The summed E-state index contributed by atoms with van der Waals surface area (Å²) >= 11 is 0.322. The number of carbonyl (C=O) groups excluding carboxylic acids is 1. The van der Waals surface area contributed by atoms with Gasteiger partial charge in [-0.2, -0.15) is 13.2 Å². The maximum atomic E-state index is 12.6. The first kappa shape index (κ1) is 16.4. The average molecular weight is 310 g/mol. The van der Waals surface area contributed by atoms with Crippen molar-refractivity contribution < 1.29 is 27.9 Å². The number of carbonyl (C=O) groups is 2. The van der Waals surface area contributed by atoms with Crippen molar-refractivity contribution in [1.82, 2.24) is 10.3 Å². The van der Waals surface area contributed by atoms with Gasteiger partial charge in [0.2, 0.25) is 0 Å². The van der Waals surface area contributed by atoms with Crippen molar-refractivity contribution in [3.05, 3.63) is 16.1 Å². The zero-order chi connectivity index (χ0) is 15.3. The molecular weight excluding hydrogens is 297 g/mol. The van der Waals surface area contributed by atoms with Crippen LogP contribution in [0.2, 0.25) is 0 Å². The largest absolute Gasteiger partial charge is 0.481 e. The maximum Gasteiger partial charge on any atom is 0.427 e. The molecule has 0 aliphatic heterocycles. The summed E-state index contributed by atoms with van der Waals surface area (Å²) in [6.07, 6.45) is -3.72. The van der Waals surface area contributed by atoms with Crippen LogP contribution in [0.5, 0.6) is 0 Å². The Labute approximate surface area is 116 Å². The number of alkyl halides is 3. The second kappa shape index (κ2) is 6.69. The molecule has 112 valence electrons. The van der Waals surface area contributed by atoms with Crippen LogP contribution in [-0.4, -0.2) is 28.5 Å². The van der Waals surface area contributed by atoms with Gasteiger partial charge >= 0.3 is 12.1 Å². The normalized spacial score (nSPS) is 13.0. The molecule has 9 heteroatoms. The Bertz CT molecular complexity index is 488. The number of hydrogen-bond donors (Lipinski definition) is 2. The molecule has 0 aromatic carbocycles. The first-order chi connectivity index (χ1) is 9.27. The van der Waals surface area contributed by atoms with Crippen LogP contribution in [0.4, 0.5) is 13.2 Å². The van der Waals surface area contributed by atoms with Crippen molar-refractivity contribution in [3.8, 4) is 0 Å². The van der Waals surface area contributed by atoms with Crippen molar-refractivity contribution in [2.45, 2.75) is 25.9 Å². The van der Waals surface area contributed by atoms with Crippen molar-refractivity contribution in [3.63, 3.8) is 0 Å². The lowest BCUT2D eigenvalue weighted by atomic mass is 10.0. The minimum absolute atomic E-state index is 0.225. The fourth-order valence-electron chi connectivity index (χ4n) is 1.57. The van der Waals surface area contributed by atoms with Gasteiger partial charge in [-0.15, -0.1) is 11.3 Å². The van der Waals surface area contributed by atoms with E-state index in [1.54, 1.807) is 6.92 Å². The predicted molar refractivity (Wildman–Crippen MR) is 65.5 cm³/mol. The van der Waals surface area contributed by atoms with E-state index in [4.69, 9.17) is 5.11 Å². The van der Waals surface area contributed by atoms with Gasteiger partial charge in [-0.05, 0) is 6.42 Å². The number of aliphatic carboxylic acids is 1. The number of amides is 1. The number of aromatic nitrogens is 1. The Balaban J connectivity index is 2.73. The fourth-order valence-corrected chi connectivity index (χ4v) is 2.22. The highest BCUT2D eigenvalue weighted by Crippen LogP contribution is 2.34. The molecule has 20 heavy (non-hydrogen) atoms. The molecule has 0 saturated carbocycles. The molecule has 1 aromatic rings. The highest BCUT2D eigenvalue weighted by Gasteiger charge is 2.38. The molecule has 0 saturated heterocycles. The number of carboxylic acid groups (broad SMARTS) is 1. The van der Waals surface area contributed by atoms with E-state index in [-0.39, 0.29) is 6.54 Å². The summed E-state index contributed by atoms with van der Waals surface area (Å²) in [7, 11) is 0. The number of hydrogen-bond acceptors (Lipinski definition) is 4. The highest BCUT2D eigenvalue weighted by atomic mass is 32.1. The number of carboxylic acids is 1. The van der Waals surface area contributed by atoms with Gasteiger partial charge in [-0.1, -0.05) is 13.3 Å². The van der Waals surface area contributed by atoms with Crippen molar-refractivity contribution >= 4 is 23.2 Å². The first-order valence-corrected chi connectivity index (χ1v) is 6.67. The molecule has 0 aliphatic rings. The van der Waals surface area contributed by atoms with Crippen LogP contribution in [0.1, 0.15) is 35.1 Å². The molecule has 1 atom stereocenters. The number of rotatable bonds is 6. The number of nitrogens with one attached hydrogen (secondary N) is 1. The zero-order valence-corrected chi connectivity index (χ0v) is 11.3. The molecule has 0 spiro atoms. The number of thiazole rings is 1. The van der Waals surface area contributed by atoms with Crippen LogP contribution in [0.15, 0.2) is 5.51 Å². The van der Waals surface area contributed by atoms with Gasteiger partial charge in [-0.25, -0.2) is 4.98 Å². The van der Waals surface area contributed by atoms with Gasteiger partial charge in [0, 0.05) is 6.54 Å². The van der Waals surface area contributed by atoms with Gasteiger partial charge in [0.1, 0.15) is 4.88 Å². The Kier molecular flexibility index (Phi) is 5.49. The molecule has 5 nitrogen and oxygen atoms in total. The van der Waals surface area contributed by atoms with E-state index in [9.17, 15) is 22.8 Å². The van der Waals surface area contributed by atoms with Gasteiger partial charge in [0.15, 0.2) is 5.69 Å². The average Bonchev–Trinajstić information content (AvgIpc) is 2.82. The molecule has 1 aromatic heterocycles. The zero-order valence-electron chi connectivity index (χ0n) is 10.5. The SMILES string of the molecule is CCCC(CNC(=O)c1ncsc1C(F)(F)F)C(=O)O. The minimum Gasteiger partial charge on any atom is -0.481 e. The van der Waals surface area contributed by atoms with Crippen molar-refractivity contribution in [1.29, 1.82) is 0 Å². The lowest BCUT2D eigenvalue weighted by Gasteiger charge is -2.12. The van der Waals surface area contributed by atoms with Gasteiger partial charge in [0.05, 0.1) is 11.4 Å². The molecule has 0 radical (unpaired) electrons. The van der Waals surface area contributed by atoms with Crippen LogP contribution in [0, 0.1) is 5.92 Å². The van der Waals surface area contributed by atoms with Crippen LogP contribution in [-0.2, 0) is 11.0 Å². The topological polar surface area (TPSA) is 79.3 Å². The molecule has 0 bridgehead atoms. The summed E-state index contributed by atoms with van der Waals surface area (Å²) in [5.41, 5.74) is 0.210. The van der Waals surface area contributed by atoms with E-state index in [2.05, 4.69) is 10.3 Å². The number of nitrogens with zero attached hydrogens (tertiary/aromatic N) is 1. The summed E-state index contributed by atoms with van der Waals surface area (Å²) in [6.45, 7) is 1.55. The number of halogens is 3. The van der Waals surface area contributed by atoms with E-state index in [0.29, 0.717) is 24.2 Å². The van der Waals surface area contributed by atoms with Crippen LogP contribution < -0.4 is 5.32 Å². The molecule has 2 N–H and O–H groups in total. The Morgan fingerprint density at radius 2 is 2.15 bits per heavy atom. The summed E-state index contributed by atoms with van der Waals surface area (Å²) in [5, 5.41) is 11.1. The summed E-state index contributed by atoms with van der Waals surface area (Å²) in [4.78, 5) is 24.8. The van der Waals surface area contributed by atoms with Crippen LogP contribution in [0.3, 0.4) is 0 Å². The first-order valence-electron chi connectivity index (χ1n) is 5.79. The molecule has 1 rings (SSSR count). The van der Waals surface area contributed by atoms with E-state index in [1.165, 1.54) is 0 Å². The summed E-state index contributed by atoms with van der Waals surface area (Å²) in [6, 6.07) is 0. The lowest BCUT2D eigenvalue weighted by molar-refractivity contribution is -0.141. The fraction of sp³-hybridized carbons (Fsp3) is 0.545. The van der Waals surface area contributed by atoms with Gasteiger partial charge in [0.25, 0.3) is 5.91 Å². The monoisotopic (exact) mass is 310 g/mol. The second-order valence-electron chi connectivity index (χ2n) is 4.06. The highest BCUT2D eigenvalue weighted by molar-refractivity contribution is 7.10. The standard InChI is InChI=1S/C11H13F3N2O3S/c1-2-3-6(10(18)19)4-15-9(17)7-8(11(12,13)14)20-5-16-7/h5-6H,2-4H2,1H3,(H,15,17)(H,18,19). The van der Waals surface area contributed by atoms with Crippen LogP contribution in [0.25, 0.3) is 0 Å². The lowest BCUT2D eigenvalue weighted by Crippen LogP contribution is -2.34. The Morgan fingerprint density at radius 1 is 1.50 bits per heavy atom. The third kappa shape index (κ3) is 4.19. The molecule has 0 aliphatic carbocycles. The van der Waals surface area contributed by atoms with Crippen molar-refractivity contribution in [2.24, 2.45) is 5.92 Å². The van der Waals surface area contributed by atoms with Gasteiger partial charge in [-0.3, -0.25) is 9.59 Å². The van der Waals surface area contributed by atoms with E-state index in [0.717, 1.165) is 5.51 Å². The summed E-state index contributed by atoms with van der Waals surface area (Å²) in [5.74, 6) is -2.93. The minimum atomic E-state index is -4.65. The Morgan fingerprint density at radius 3 is 2.65 bits per heavy atom. The molecule has 1 amide bonds. The predicted octanol–water partition coefficient (Wildman–Crippen LogP) is 2.39. The maximum absolute atomic E-state index is 12.6. The van der Waals surface area contributed by atoms with Crippen molar-refractivity contribution in [2.75, 3.05) is 6.54 Å². The van der Waals surface area contributed by atoms with Crippen LogP contribution >= 0.6 is 11.3 Å². The molecular formula is C11H13F3N2O3S. The molecule has 0 fully saturated rings. The van der Waals surface area contributed by atoms with E-state index < -0.39 is 34.5 Å². The quantitative estimate of drug-likeness (QED) is 0.845. The summed E-state index contributed by atoms with van der Waals surface area (Å²) < 4.78 is 37.8. The smallest absolute Gasteiger partial charge is 0.427 e. The molecule has 1 heterocycles.